The van der Waals surface area contributed by atoms with Gasteiger partial charge >= 0.3 is 0 Å². The molecule has 4 nitrogen and oxygen atoms in total. The maximum atomic E-state index is 6.16. The maximum absolute atomic E-state index is 6.16. The first kappa shape index (κ1) is 14.2. The van der Waals surface area contributed by atoms with Crippen molar-refractivity contribution in [1.29, 1.82) is 0 Å². The van der Waals surface area contributed by atoms with E-state index in [9.17, 15) is 0 Å². The van der Waals surface area contributed by atoms with E-state index in [-0.39, 0.29) is 0 Å². The second-order valence-corrected chi connectivity index (χ2v) is 8.38. The van der Waals surface area contributed by atoms with Crippen LogP contribution in [0.2, 0.25) is 0 Å². The molecule has 0 radical (unpaired) electrons. The maximum Gasteiger partial charge on any atom is 0.104 e. The molecule has 2 bridgehead atoms. The van der Waals surface area contributed by atoms with Crippen LogP contribution in [0.4, 0.5) is 0 Å². The topological polar surface area (TPSA) is 43.5 Å². The lowest BCUT2D eigenvalue weighted by Gasteiger charge is -2.48. The van der Waals surface area contributed by atoms with Gasteiger partial charge in [-0.2, -0.15) is 0 Å². The third-order valence-electron chi connectivity index (χ3n) is 7.27. The third kappa shape index (κ3) is 2.18. The van der Waals surface area contributed by atoms with E-state index in [1.165, 1.54) is 38.5 Å². The lowest BCUT2D eigenvalue weighted by atomic mass is 9.60. The van der Waals surface area contributed by atoms with Crippen LogP contribution in [0.5, 0.6) is 0 Å². The first-order valence-corrected chi connectivity index (χ1v) is 9.20. The Morgan fingerprint density at radius 3 is 2.36 bits per heavy atom. The Balaban J connectivity index is 1.30. The van der Waals surface area contributed by atoms with Gasteiger partial charge in [0.05, 0.1) is 39.6 Å². The summed E-state index contributed by atoms with van der Waals surface area (Å²) in [5, 5.41) is 0. The molecule has 5 rings (SSSR count). The number of epoxide rings is 2. The van der Waals surface area contributed by atoms with E-state index in [1.807, 2.05) is 0 Å². The Labute approximate surface area is 132 Å². The summed E-state index contributed by atoms with van der Waals surface area (Å²) in [7, 11) is 0. The van der Waals surface area contributed by atoms with Gasteiger partial charge < -0.3 is 18.9 Å². The molecule has 2 saturated heterocycles. The Kier molecular flexibility index (Phi) is 3.34. The molecule has 2 heterocycles. The van der Waals surface area contributed by atoms with Crippen molar-refractivity contribution < 1.29 is 18.9 Å². The van der Waals surface area contributed by atoms with Crippen LogP contribution in [0.3, 0.4) is 0 Å². The Hall–Kier alpha value is -0.160. The summed E-state index contributed by atoms with van der Waals surface area (Å²) in [6.07, 6.45) is 9.07. The molecule has 0 spiro atoms. The van der Waals surface area contributed by atoms with Crippen LogP contribution in [-0.4, -0.2) is 51.8 Å². The van der Waals surface area contributed by atoms with Gasteiger partial charge in [-0.15, -0.1) is 0 Å². The number of hydrogen-bond donors (Lipinski definition) is 0. The second-order valence-electron chi connectivity index (χ2n) is 8.38. The first-order chi connectivity index (χ1) is 10.8. The fourth-order valence-electron chi connectivity index (χ4n) is 6.10. The van der Waals surface area contributed by atoms with Crippen molar-refractivity contribution >= 4 is 0 Å². The van der Waals surface area contributed by atoms with E-state index < -0.39 is 0 Å². The van der Waals surface area contributed by atoms with Gasteiger partial charge in [0, 0.05) is 10.8 Å². The zero-order chi connectivity index (χ0) is 14.6. The molecule has 3 aliphatic carbocycles. The molecule has 3 saturated carbocycles. The summed E-state index contributed by atoms with van der Waals surface area (Å²) in [5.41, 5.74) is 0.785. The minimum Gasteiger partial charge on any atom is -0.378 e. The highest BCUT2D eigenvalue weighted by Crippen LogP contribution is 2.72. The predicted molar refractivity (Wildman–Crippen MR) is 80.7 cm³/mol. The minimum atomic E-state index is 0.383. The van der Waals surface area contributed by atoms with E-state index in [0.29, 0.717) is 23.0 Å². The highest BCUT2D eigenvalue weighted by Gasteiger charge is 2.68. The number of ether oxygens (including phenoxy) is 4. The molecule has 22 heavy (non-hydrogen) atoms. The van der Waals surface area contributed by atoms with Crippen molar-refractivity contribution in [3.8, 4) is 0 Å². The predicted octanol–water partition coefficient (Wildman–Crippen LogP) is 2.40. The lowest BCUT2D eigenvalue weighted by Crippen LogP contribution is -2.47. The highest BCUT2D eigenvalue weighted by molar-refractivity contribution is 5.16. The standard InChI is InChI=1S/C18H28O4/c1-2-16-13-3-5-17(6-13,11-19-7-14-9-21-14)18(16,4-1)12-20-8-15-10-22-15/h13-16H,1-12H2. The van der Waals surface area contributed by atoms with Crippen molar-refractivity contribution in [3.05, 3.63) is 0 Å². The molecular formula is C18H28O4. The molecule has 4 heteroatoms. The molecule has 0 amide bonds. The first-order valence-electron chi connectivity index (χ1n) is 9.20. The fraction of sp³-hybridized carbons (Fsp3) is 1.00. The van der Waals surface area contributed by atoms with Gasteiger partial charge in [0.1, 0.15) is 12.2 Å². The van der Waals surface area contributed by atoms with Gasteiger partial charge in [-0.1, -0.05) is 6.42 Å². The van der Waals surface area contributed by atoms with Gasteiger partial charge in [-0.05, 0) is 43.9 Å². The molecule has 0 N–H and O–H groups in total. The molecule has 0 aromatic rings. The molecule has 2 aliphatic heterocycles. The molecule has 0 aromatic heterocycles. The fourth-order valence-corrected chi connectivity index (χ4v) is 6.10. The monoisotopic (exact) mass is 308 g/mol. The summed E-state index contributed by atoms with van der Waals surface area (Å²) in [6, 6.07) is 0. The number of rotatable bonds is 8. The quantitative estimate of drug-likeness (QED) is 0.646. The van der Waals surface area contributed by atoms with Crippen LogP contribution in [0.1, 0.15) is 38.5 Å². The summed E-state index contributed by atoms with van der Waals surface area (Å²) < 4.78 is 22.9. The summed E-state index contributed by atoms with van der Waals surface area (Å²) in [6.45, 7) is 5.26. The Bertz CT molecular complexity index is 433. The third-order valence-corrected chi connectivity index (χ3v) is 7.27. The van der Waals surface area contributed by atoms with Gasteiger partial charge in [-0.3, -0.25) is 0 Å². The molecule has 6 unspecified atom stereocenters. The van der Waals surface area contributed by atoms with Crippen LogP contribution in [0.15, 0.2) is 0 Å². The van der Waals surface area contributed by atoms with E-state index in [4.69, 9.17) is 18.9 Å². The Morgan fingerprint density at radius 1 is 0.909 bits per heavy atom. The van der Waals surface area contributed by atoms with Gasteiger partial charge in [0.2, 0.25) is 0 Å². The van der Waals surface area contributed by atoms with E-state index in [0.717, 1.165) is 51.5 Å². The SMILES string of the molecule is C1CC2C3CCC(COCC4CO4)(C3)C2(COCC2CO2)C1. The largest absolute Gasteiger partial charge is 0.378 e. The molecule has 5 fully saturated rings. The summed E-state index contributed by atoms with van der Waals surface area (Å²) >= 11 is 0. The van der Waals surface area contributed by atoms with Crippen molar-refractivity contribution in [2.24, 2.45) is 22.7 Å². The summed E-state index contributed by atoms with van der Waals surface area (Å²) in [4.78, 5) is 0. The zero-order valence-corrected chi connectivity index (χ0v) is 13.4. The molecule has 0 aromatic carbocycles. The zero-order valence-electron chi connectivity index (χ0n) is 13.4. The smallest absolute Gasteiger partial charge is 0.104 e. The average molecular weight is 308 g/mol. The van der Waals surface area contributed by atoms with Crippen LogP contribution < -0.4 is 0 Å². The van der Waals surface area contributed by atoms with Crippen molar-refractivity contribution in [1.82, 2.24) is 0 Å². The normalized spacial score (nSPS) is 51.3. The van der Waals surface area contributed by atoms with Crippen LogP contribution >= 0.6 is 0 Å². The van der Waals surface area contributed by atoms with E-state index >= 15 is 0 Å². The van der Waals surface area contributed by atoms with Crippen molar-refractivity contribution in [3.63, 3.8) is 0 Å². The van der Waals surface area contributed by atoms with Crippen LogP contribution in [-0.2, 0) is 18.9 Å². The molecule has 5 aliphatic rings. The lowest BCUT2D eigenvalue weighted by molar-refractivity contribution is -0.0983. The number of fused-ring (bicyclic) bond motifs is 5. The molecule has 124 valence electrons. The highest BCUT2D eigenvalue weighted by atomic mass is 16.6. The van der Waals surface area contributed by atoms with Crippen molar-refractivity contribution in [2.45, 2.75) is 50.7 Å². The Morgan fingerprint density at radius 2 is 1.64 bits per heavy atom. The number of hydrogen-bond acceptors (Lipinski definition) is 4. The average Bonchev–Trinajstić information content (AvgIpc) is 3.40. The van der Waals surface area contributed by atoms with Crippen LogP contribution in [0, 0.1) is 22.7 Å². The van der Waals surface area contributed by atoms with Crippen molar-refractivity contribution in [2.75, 3.05) is 39.6 Å². The van der Waals surface area contributed by atoms with Gasteiger partial charge in [-0.25, -0.2) is 0 Å². The van der Waals surface area contributed by atoms with E-state index in [1.54, 1.807) is 0 Å². The minimum absolute atomic E-state index is 0.383. The second kappa shape index (κ2) is 5.17. The summed E-state index contributed by atoms with van der Waals surface area (Å²) in [5.74, 6) is 1.83. The van der Waals surface area contributed by atoms with Gasteiger partial charge in [0.25, 0.3) is 0 Å². The van der Waals surface area contributed by atoms with Gasteiger partial charge in [0.15, 0.2) is 0 Å². The molecule has 6 atom stereocenters. The van der Waals surface area contributed by atoms with Crippen LogP contribution in [0.25, 0.3) is 0 Å². The van der Waals surface area contributed by atoms with E-state index in [2.05, 4.69) is 0 Å². The molecular weight excluding hydrogens is 280 g/mol.